The highest BCUT2D eigenvalue weighted by Gasteiger charge is 2.31. The molecule has 2 atom stereocenters. The first-order chi connectivity index (χ1) is 11.9. The fourth-order valence-electron chi connectivity index (χ4n) is 3.67. The van der Waals surface area contributed by atoms with Crippen molar-refractivity contribution in [2.75, 3.05) is 25.1 Å². The highest BCUT2D eigenvalue weighted by atomic mass is 32.2. The predicted molar refractivity (Wildman–Crippen MR) is 99.6 cm³/mol. The molecule has 0 radical (unpaired) electrons. The Morgan fingerprint density at radius 1 is 1.24 bits per heavy atom. The summed E-state index contributed by atoms with van der Waals surface area (Å²) in [5.41, 5.74) is 4.77. The lowest BCUT2D eigenvalue weighted by molar-refractivity contribution is -0.893. The number of rotatable bonds is 6. The van der Waals surface area contributed by atoms with Crippen molar-refractivity contribution in [3.63, 3.8) is 0 Å². The van der Waals surface area contributed by atoms with Crippen LogP contribution in [0.25, 0.3) is 0 Å². The van der Waals surface area contributed by atoms with E-state index in [2.05, 4.69) is 43.3 Å². The summed E-state index contributed by atoms with van der Waals surface area (Å²) in [6, 6.07) is 10.5. The van der Waals surface area contributed by atoms with E-state index in [0.29, 0.717) is 6.42 Å². The lowest BCUT2D eigenvalue weighted by Gasteiger charge is -2.15. The van der Waals surface area contributed by atoms with E-state index in [4.69, 9.17) is 0 Å². The number of benzene rings is 1. The Labute approximate surface area is 150 Å². The number of hydrogen-bond donors (Lipinski definition) is 1. The Balaban J connectivity index is 1.66. The molecule has 2 aromatic rings. The van der Waals surface area contributed by atoms with Gasteiger partial charge in [0.1, 0.15) is 6.54 Å². The summed E-state index contributed by atoms with van der Waals surface area (Å²) in [5, 5.41) is 4.67. The SMILES string of the molecule is Cc1nn([C@H]2CCS(=O)(=O)C2)c(C)c1C[NH+](C)CCc1ccccc1. The van der Waals surface area contributed by atoms with Crippen LogP contribution in [-0.2, 0) is 22.8 Å². The molecule has 1 saturated heterocycles. The maximum atomic E-state index is 11.8. The summed E-state index contributed by atoms with van der Waals surface area (Å²) < 4.78 is 25.5. The van der Waals surface area contributed by atoms with Crippen LogP contribution in [0.5, 0.6) is 0 Å². The Morgan fingerprint density at radius 3 is 2.60 bits per heavy atom. The Hall–Kier alpha value is -1.66. The molecule has 0 bridgehead atoms. The first-order valence-electron chi connectivity index (χ1n) is 8.96. The Morgan fingerprint density at radius 2 is 1.96 bits per heavy atom. The van der Waals surface area contributed by atoms with Crippen LogP contribution in [-0.4, -0.2) is 43.3 Å². The zero-order valence-electron chi connectivity index (χ0n) is 15.3. The monoisotopic (exact) mass is 362 g/mol. The van der Waals surface area contributed by atoms with Gasteiger partial charge in [-0.05, 0) is 25.8 Å². The predicted octanol–water partition coefficient (Wildman–Crippen LogP) is 1.12. The van der Waals surface area contributed by atoms with Gasteiger partial charge in [-0.15, -0.1) is 0 Å². The summed E-state index contributed by atoms with van der Waals surface area (Å²) in [6.07, 6.45) is 1.74. The van der Waals surface area contributed by atoms with Crippen molar-refractivity contribution in [3.8, 4) is 0 Å². The minimum Gasteiger partial charge on any atom is -0.333 e. The smallest absolute Gasteiger partial charge is 0.152 e. The highest BCUT2D eigenvalue weighted by Crippen LogP contribution is 2.26. The lowest BCUT2D eigenvalue weighted by Crippen LogP contribution is -3.07. The quantitative estimate of drug-likeness (QED) is 0.838. The van der Waals surface area contributed by atoms with Gasteiger partial charge in [0.25, 0.3) is 0 Å². The highest BCUT2D eigenvalue weighted by molar-refractivity contribution is 7.91. The van der Waals surface area contributed by atoms with E-state index in [0.717, 1.165) is 30.9 Å². The van der Waals surface area contributed by atoms with Crippen LogP contribution in [0.4, 0.5) is 0 Å². The second-order valence-corrected chi connectivity index (χ2v) is 9.50. The zero-order valence-corrected chi connectivity index (χ0v) is 16.1. The van der Waals surface area contributed by atoms with Crippen LogP contribution in [0.1, 0.15) is 35.0 Å². The molecule has 6 heteroatoms. The number of hydrogen-bond acceptors (Lipinski definition) is 3. The molecule has 1 fully saturated rings. The third-order valence-electron chi connectivity index (χ3n) is 5.19. The molecule has 1 aliphatic rings. The van der Waals surface area contributed by atoms with Gasteiger partial charge in [-0.1, -0.05) is 30.3 Å². The molecule has 0 aliphatic carbocycles. The van der Waals surface area contributed by atoms with Crippen molar-refractivity contribution in [1.82, 2.24) is 9.78 Å². The van der Waals surface area contributed by atoms with Gasteiger partial charge in [-0.2, -0.15) is 5.10 Å². The average Bonchev–Trinajstić information content (AvgIpc) is 3.07. The van der Waals surface area contributed by atoms with Crippen LogP contribution in [0, 0.1) is 13.8 Å². The molecule has 1 aromatic heterocycles. The van der Waals surface area contributed by atoms with Crippen molar-refractivity contribution in [3.05, 3.63) is 52.8 Å². The normalized spacial score (nSPS) is 20.7. The Kier molecular flexibility index (Phi) is 5.29. The lowest BCUT2D eigenvalue weighted by atomic mass is 10.1. The van der Waals surface area contributed by atoms with Crippen LogP contribution in [0.15, 0.2) is 30.3 Å². The summed E-state index contributed by atoms with van der Waals surface area (Å²) in [5.74, 6) is 0.513. The largest absolute Gasteiger partial charge is 0.333 e. The van der Waals surface area contributed by atoms with Gasteiger partial charge in [0.15, 0.2) is 9.84 Å². The summed E-state index contributed by atoms with van der Waals surface area (Å²) in [7, 11) is -0.685. The minimum atomic E-state index is -2.89. The molecule has 136 valence electrons. The van der Waals surface area contributed by atoms with Crippen molar-refractivity contribution in [2.24, 2.45) is 0 Å². The number of likely N-dealkylation sites (N-methyl/N-ethyl adjacent to an activating group) is 1. The van der Waals surface area contributed by atoms with E-state index in [-0.39, 0.29) is 17.5 Å². The van der Waals surface area contributed by atoms with Gasteiger partial charge in [0.05, 0.1) is 42.4 Å². The van der Waals surface area contributed by atoms with E-state index < -0.39 is 9.84 Å². The van der Waals surface area contributed by atoms with Crippen molar-refractivity contribution in [1.29, 1.82) is 0 Å². The van der Waals surface area contributed by atoms with Gasteiger partial charge in [0.2, 0.25) is 0 Å². The average molecular weight is 363 g/mol. The number of nitrogens with zero attached hydrogens (tertiary/aromatic N) is 2. The summed E-state index contributed by atoms with van der Waals surface area (Å²) in [6.45, 7) is 6.09. The maximum Gasteiger partial charge on any atom is 0.152 e. The number of aromatic nitrogens is 2. The fraction of sp³-hybridized carbons (Fsp3) is 0.526. The molecular weight excluding hydrogens is 334 g/mol. The third-order valence-corrected chi connectivity index (χ3v) is 6.94. The maximum absolute atomic E-state index is 11.8. The van der Waals surface area contributed by atoms with Gasteiger partial charge in [-0.25, -0.2) is 8.42 Å². The van der Waals surface area contributed by atoms with Gasteiger partial charge in [-0.3, -0.25) is 4.68 Å². The van der Waals surface area contributed by atoms with Crippen LogP contribution < -0.4 is 4.90 Å². The van der Waals surface area contributed by atoms with E-state index in [1.54, 1.807) is 0 Å². The molecule has 2 heterocycles. The van der Waals surface area contributed by atoms with Crippen molar-refractivity contribution < 1.29 is 13.3 Å². The van der Waals surface area contributed by atoms with Gasteiger partial charge in [0, 0.05) is 12.1 Å². The zero-order chi connectivity index (χ0) is 18.0. The molecule has 25 heavy (non-hydrogen) atoms. The van der Waals surface area contributed by atoms with Crippen LogP contribution in [0.2, 0.25) is 0 Å². The number of quaternary nitrogens is 1. The molecule has 1 aliphatic heterocycles. The molecule has 3 rings (SSSR count). The molecule has 0 spiro atoms. The first kappa shape index (κ1) is 18.1. The second-order valence-electron chi connectivity index (χ2n) is 7.27. The molecular formula is C19H28N3O2S+. The third kappa shape index (κ3) is 4.30. The molecule has 0 saturated carbocycles. The van der Waals surface area contributed by atoms with Crippen LogP contribution in [0.3, 0.4) is 0 Å². The summed E-state index contributed by atoms with van der Waals surface area (Å²) in [4.78, 5) is 1.44. The van der Waals surface area contributed by atoms with E-state index in [1.165, 1.54) is 16.0 Å². The van der Waals surface area contributed by atoms with E-state index in [9.17, 15) is 8.42 Å². The van der Waals surface area contributed by atoms with Crippen molar-refractivity contribution in [2.45, 2.75) is 39.3 Å². The standard InChI is InChI=1S/C19H27N3O2S/c1-15-19(13-21(3)11-9-17-7-5-4-6-8-17)16(2)22(20-15)18-10-12-25(23,24)14-18/h4-8,18H,9-14H2,1-3H3/p+1/t18-/m0/s1. The van der Waals surface area contributed by atoms with Gasteiger partial charge < -0.3 is 4.90 Å². The molecule has 1 aromatic carbocycles. The Bertz CT molecular complexity index is 828. The molecule has 0 amide bonds. The second kappa shape index (κ2) is 7.30. The number of sulfone groups is 1. The summed E-state index contributed by atoms with van der Waals surface area (Å²) >= 11 is 0. The van der Waals surface area contributed by atoms with E-state index >= 15 is 0 Å². The van der Waals surface area contributed by atoms with Gasteiger partial charge >= 0.3 is 0 Å². The van der Waals surface area contributed by atoms with E-state index in [1.807, 2.05) is 17.7 Å². The fourth-order valence-corrected chi connectivity index (χ4v) is 5.36. The number of aryl methyl sites for hydroxylation is 1. The topological polar surface area (TPSA) is 56.4 Å². The van der Waals surface area contributed by atoms with Crippen molar-refractivity contribution >= 4 is 9.84 Å². The molecule has 5 nitrogen and oxygen atoms in total. The molecule has 1 N–H and O–H groups in total. The molecule has 1 unspecified atom stereocenters. The number of nitrogens with one attached hydrogen (secondary N) is 1. The minimum absolute atomic E-state index is 0.00192. The first-order valence-corrected chi connectivity index (χ1v) is 10.8. The van der Waals surface area contributed by atoms with Crippen LogP contribution >= 0.6 is 0 Å².